The van der Waals surface area contributed by atoms with Gasteiger partial charge in [-0.15, -0.1) is 0 Å². The van der Waals surface area contributed by atoms with Gasteiger partial charge in [0.1, 0.15) is 5.82 Å². The molecule has 0 unspecified atom stereocenters. The molecule has 0 aliphatic heterocycles. The first-order valence-corrected chi connectivity index (χ1v) is 7.85. The standard InChI is InChI=1S/C17H18F2N8/c1-9-3-4-13(15(19)14(9)18)27(22)17(25-21)12-5-10(6-23-16(12)20)11-7-24-26(2)8-11/h3-8H,21-22H2,1-2H3,(H2,20,23)/b25-17-. The Morgan fingerprint density at radius 1 is 1.19 bits per heavy atom. The highest BCUT2D eigenvalue weighted by Gasteiger charge is 2.22. The molecular weight excluding hydrogens is 354 g/mol. The second-order valence-corrected chi connectivity index (χ2v) is 5.91. The fourth-order valence-electron chi connectivity index (χ4n) is 2.58. The summed E-state index contributed by atoms with van der Waals surface area (Å²) in [4.78, 5) is 4.12. The molecule has 140 valence electrons. The molecule has 0 spiro atoms. The molecule has 0 amide bonds. The van der Waals surface area contributed by atoms with Gasteiger partial charge in [-0.25, -0.2) is 19.6 Å². The van der Waals surface area contributed by atoms with E-state index in [9.17, 15) is 8.78 Å². The quantitative estimate of drug-likeness (QED) is 0.278. The zero-order valence-corrected chi connectivity index (χ0v) is 14.7. The monoisotopic (exact) mass is 372 g/mol. The van der Waals surface area contributed by atoms with Crippen LogP contribution in [0.25, 0.3) is 11.1 Å². The summed E-state index contributed by atoms with van der Waals surface area (Å²) in [7, 11) is 1.78. The molecule has 2 aromatic heterocycles. The van der Waals surface area contributed by atoms with E-state index in [2.05, 4.69) is 15.2 Å². The Kier molecular flexibility index (Phi) is 4.74. The Balaban J connectivity index is 2.07. The first-order valence-electron chi connectivity index (χ1n) is 7.85. The number of pyridine rings is 1. The van der Waals surface area contributed by atoms with E-state index in [0.29, 0.717) is 5.56 Å². The van der Waals surface area contributed by atoms with Crippen molar-refractivity contribution in [1.29, 1.82) is 0 Å². The maximum Gasteiger partial charge on any atom is 0.184 e. The summed E-state index contributed by atoms with van der Waals surface area (Å²) in [5.41, 5.74) is 7.57. The van der Waals surface area contributed by atoms with Gasteiger partial charge in [0, 0.05) is 30.6 Å². The number of hydrogen-bond donors (Lipinski definition) is 3. The first kappa shape index (κ1) is 18.3. The van der Waals surface area contributed by atoms with Crippen LogP contribution in [0.5, 0.6) is 0 Å². The minimum Gasteiger partial charge on any atom is -0.383 e. The SMILES string of the molecule is Cc1ccc(N(N)/C(=N\N)c2cc(-c3cnn(C)c3)cnc2N)c(F)c1F. The van der Waals surface area contributed by atoms with E-state index in [1.165, 1.54) is 19.1 Å². The lowest BCUT2D eigenvalue weighted by Gasteiger charge is -2.22. The van der Waals surface area contributed by atoms with Gasteiger partial charge in [-0.3, -0.25) is 9.69 Å². The fraction of sp³-hybridized carbons (Fsp3) is 0.118. The Morgan fingerprint density at radius 2 is 1.93 bits per heavy atom. The molecule has 0 bridgehead atoms. The second-order valence-electron chi connectivity index (χ2n) is 5.91. The van der Waals surface area contributed by atoms with Crippen LogP contribution in [0.4, 0.5) is 20.3 Å². The molecule has 0 atom stereocenters. The molecule has 10 heteroatoms. The van der Waals surface area contributed by atoms with Gasteiger partial charge in [0.05, 0.1) is 17.4 Å². The molecular formula is C17H18F2N8. The maximum atomic E-state index is 14.3. The van der Waals surface area contributed by atoms with Crippen molar-refractivity contribution in [1.82, 2.24) is 14.8 Å². The first-order chi connectivity index (χ1) is 12.8. The minimum absolute atomic E-state index is 0.0760. The topological polar surface area (TPSA) is 124 Å². The highest BCUT2D eigenvalue weighted by Crippen LogP contribution is 2.26. The van der Waals surface area contributed by atoms with Gasteiger partial charge < -0.3 is 11.6 Å². The third kappa shape index (κ3) is 3.29. The molecule has 1 aromatic carbocycles. The van der Waals surface area contributed by atoms with Crippen LogP contribution in [-0.4, -0.2) is 20.6 Å². The van der Waals surface area contributed by atoms with Crippen LogP contribution in [0.3, 0.4) is 0 Å². The molecule has 2 heterocycles. The summed E-state index contributed by atoms with van der Waals surface area (Å²) < 4.78 is 29.9. The highest BCUT2D eigenvalue weighted by atomic mass is 19.2. The molecule has 0 aliphatic rings. The number of benzene rings is 1. The molecule has 8 nitrogen and oxygen atoms in total. The number of hydrazone groups is 1. The molecule has 3 aromatic rings. The van der Waals surface area contributed by atoms with Crippen LogP contribution in [0.1, 0.15) is 11.1 Å². The van der Waals surface area contributed by atoms with Gasteiger partial charge in [0.2, 0.25) is 0 Å². The zero-order valence-electron chi connectivity index (χ0n) is 14.7. The number of halogens is 2. The Morgan fingerprint density at radius 3 is 2.56 bits per heavy atom. The second kappa shape index (κ2) is 7.00. The van der Waals surface area contributed by atoms with Crippen molar-refractivity contribution in [3.8, 4) is 11.1 Å². The van der Waals surface area contributed by atoms with Crippen molar-refractivity contribution in [2.24, 2.45) is 23.8 Å². The lowest BCUT2D eigenvalue weighted by Crippen LogP contribution is -2.40. The maximum absolute atomic E-state index is 14.3. The molecule has 0 fully saturated rings. The highest BCUT2D eigenvalue weighted by molar-refractivity contribution is 6.12. The third-order valence-corrected chi connectivity index (χ3v) is 4.06. The Labute approximate surface area is 153 Å². The number of amidine groups is 1. The van der Waals surface area contributed by atoms with E-state index in [1.54, 1.807) is 36.4 Å². The molecule has 3 rings (SSSR count). The van der Waals surface area contributed by atoms with Crippen LogP contribution in [0.2, 0.25) is 0 Å². The van der Waals surface area contributed by atoms with Crippen molar-refractivity contribution in [3.63, 3.8) is 0 Å². The van der Waals surface area contributed by atoms with E-state index in [-0.39, 0.29) is 28.5 Å². The average molecular weight is 372 g/mol. The molecule has 0 saturated heterocycles. The lowest BCUT2D eigenvalue weighted by atomic mass is 10.1. The smallest absolute Gasteiger partial charge is 0.184 e. The number of hydrogen-bond acceptors (Lipinski definition) is 6. The van der Waals surface area contributed by atoms with Crippen LogP contribution in [0.15, 0.2) is 41.9 Å². The van der Waals surface area contributed by atoms with Crippen molar-refractivity contribution in [2.75, 3.05) is 10.7 Å². The fourth-order valence-corrected chi connectivity index (χ4v) is 2.58. The summed E-state index contributed by atoms with van der Waals surface area (Å²) in [6.07, 6.45) is 4.98. The Hall–Kier alpha value is -3.53. The molecule has 0 radical (unpaired) electrons. The molecule has 6 N–H and O–H groups in total. The summed E-state index contributed by atoms with van der Waals surface area (Å²) in [5.74, 6) is 9.33. The van der Waals surface area contributed by atoms with Crippen molar-refractivity contribution >= 4 is 17.3 Å². The van der Waals surface area contributed by atoms with Crippen LogP contribution in [-0.2, 0) is 7.05 Å². The molecule has 27 heavy (non-hydrogen) atoms. The van der Waals surface area contributed by atoms with Crippen LogP contribution >= 0.6 is 0 Å². The largest absolute Gasteiger partial charge is 0.383 e. The number of nitrogen functional groups attached to an aromatic ring is 1. The lowest BCUT2D eigenvalue weighted by molar-refractivity contribution is 0.503. The van der Waals surface area contributed by atoms with Gasteiger partial charge in [-0.2, -0.15) is 10.2 Å². The third-order valence-electron chi connectivity index (χ3n) is 4.06. The van der Waals surface area contributed by atoms with Crippen molar-refractivity contribution in [3.05, 3.63) is 59.6 Å². The van der Waals surface area contributed by atoms with Gasteiger partial charge in [-0.05, 0) is 24.6 Å². The van der Waals surface area contributed by atoms with Gasteiger partial charge in [0.25, 0.3) is 0 Å². The van der Waals surface area contributed by atoms with Gasteiger partial charge >= 0.3 is 0 Å². The number of anilines is 2. The van der Waals surface area contributed by atoms with E-state index in [0.717, 1.165) is 10.6 Å². The minimum atomic E-state index is -1.12. The van der Waals surface area contributed by atoms with Crippen LogP contribution in [0, 0.1) is 18.6 Å². The van der Waals surface area contributed by atoms with Crippen molar-refractivity contribution in [2.45, 2.75) is 6.92 Å². The van der Waals surface area contributed by atoms with Crippen molar-refractivity contribution < 1.29 is 8.78 Å². The summed E-state index contributed by atoms with van der Waals surface area (Å²) in [6, 6.07) is 4.37. The Bertz CT molecular complexity index is 1030. The van der Waals surface area contributed by atoms with Crippen LogP contribution < -0.4 is 22.4 Å². The summed E-state index contributed by atoms with van der Waals surface area (Å²) in [6.45, 7) is 1.44. The van der Waals surface area contributed by atoms with E-state index >= 15 is 0 Å². The molecule has 0 saturated carbocycles. The van der Waals surface area contributed by atoms with E-state index in [1.807, 2.05) is 0 Å². The van der Waals surface area contributed by atoms with Gasteiger partial charge in [0.15, 0.2) is 17.5 Å². The average Bonchev–Trinajstić information content (AvgIpc) is 3.08. The zero-order chi connectivity index (χ0) is 19.7. The number of aryl methyl sites for hydroxylation is 2. The summed E-state index contributed by atoms with van der Waals surface area (Å²) >= 11 is 0. The number of hydrazine groups is 1. The molecule has 0 aliphatic carbocycles. The van der Waals surface area contributed by atoms with E-state index < -0.39 is 11.6 Å². The number of nitrogens with zero attached hydrogens (tertiary/aromatic N) is 5. The van der Waals surface area contributed by atoms with E-state index in [4.69, 9.17) is 17.4 Å². The number of aromatic nitrogens is 3. The number of nitrogens with two attached hydrogens (primary N) is 3. The predicted octanol–water partition coefficient (Wildman–Crippen LogP) is 1.65. The summed E-state index contributed by atoms with van der Waals surface area (Å²) in [5, 5.41) is 8.55. The normalized spacial score (nSPS) is 11.7. The van der Waals surface area contributed by atoms with Gasteiger partial charge in [-0.1, -0.05) is 6.07 Å². The number of rotatable bonds is 3. The predicted molar refractivity (Wildman–Crippen MR) is 99.3 cm³/mol.